The fourth-order valence-electron chi connectivity index (χ4n) is 2.79. The molecule has 0 radical (unpaired) electrons. The van der Waals surface area contributed by atoms with Crippen LogP contribution >= 0.6 is 0 Å². The summed E-state index contributed by atoms with van der Waals surface area (Å²) >= 11 is 0. The monoisotopic (exact) mass is 293 g/mol. The Labute approximate surface area is 125 Å². The summed E-state index contributed by atoms with van der Waals surface area (Å²) in [5, 5.41) is 3.21. The number of nitrogens with zero attached hydrogens (tertiary/aromatic N) is 1. The van der Waals surface area contributed by atoms with E-state index in [1.165, 1.54) is 0 Å². The summed E-state index contributed by atoms with van der Waals surface area (Å²) in [6.07, 6.45) is 0. The molecule has 6 heteroatoms. The van der Waals surface area contributed by atoms with Crippen LogP contribution in [0.3, 0.4) is 0 Å². The van der Waals surface area contributed by atoms with E-state index in [1.54, 1.807) is 14.2 Å². The molecule has 1 fully saturated rings. The average Bonchev–Trinajstić information content (AvgIpc) is 2.53. The number of primary amides is 1. The first-order valence-electron chi connectivity index (χ1n) is 7.06. The summed E-state index contributed by atoms with van der Waals surface area (Å²) in [6.45, 7) is 4.25. The summed E-state index contributed by atoms with van der Waals surface area (Å²) in [4.78, 5) is 13.8. The second-order valence-corrected chi connectivity index (χ2v) is 5.14. The van der Waals surface area contributed by atoms with Crippen molar-refractivity contribution in [2.45, 2.75) is 19.0 Å². The van der Waals surface area contributed by atoms with Gasteiger partial charge in [0.1, 0.15) is 17.5 Å². The molecule has 1 aromatic rings. The molecule has 6 nitrogen and oxygen atoms in total. The van der Waals surface area contributed by atoms with Gasteiger partial charge in [-0.05, 0) is 13.0 Å². The largest absolute Gasteiger partial charge is 0.497 e. The van der Waals surface area contributed by atoms with Crippen molar-refractivity contribution in [3.8, 4) is 11.5 Å². The van der Waals surface area contributed by atoms with Gasteiger partial charge in [0.25, 0.3) is 0 Å². The molecule has 2 atom stereocenters. The normalized spacial score (nSPS) is 20.8. The summed E-state index contributed by atoms with van der Waals surface area (Å²) in [5.74, 6) is 1.19. The Bertz CT molecular complexity index is 507. The Morgan fingerprint density at radius 3 is 2.81 bits per heavy atom. The molecule has 1 heterocycles. The summed E-state index contributed by atoms with van der Waals surface area (Å²) in [5.41, 5.74) is 6.54. The van der Waals surface area contributed by atoms with Crippen LogP contribution in [0.4, 0.5) is 0 Å². The third-order valence-electron chi connectivity index (χ3n) is 4.00. The van der Waals surface area contributed by atoms with Crippen LogP contribution in [0, 0.1) is 0 Å². The number of rotatable bonds is 5. The van der Waals surface area contributed by atoms with Crippen LogP contribution in [0.1, 0.15) is 18.5 Å². The first kappa shape index (κ1) is 15.6. The standard InChI is InChI=1S/C15H23N3O3/c1-10(18-7-6-17-9-13(18)15(16)19)12-5-4-11(20-2)8-14(12)21-3/h4-5,8,10,13,17H,6-7,9H2,1-3H3,(H2,16,19). The topological polar surface area (TPSA) is 76.8 Å². The number of hydrogen-bond donors (Lipinski definition) is 2. The third-order valence-corrected chi connectivity index (χ3v) is 4.00. The highest BCUT2D eigenvalue weighted by Crippen LogP contribution is 2.33. The Morgan fingerprint density at radius 1 is 1.43 bits per heavy atom. The Balaban J connectivity index is 2.29. The van der Waals surface area contributed by atoms with E-state index in [-0.39, 0.29) is 18.0 Å². The highest BCUT2D eigenvalue weighted by atomic mass is 16.5. The Kier molecular flexibility index (Phi) is 5.03. The van der Waals surface area contributed by atoms with Crippen LogP contribution in [0.5, 0.6) is 11.5 Å². The van der Waals surface area contributed by atoms with E-state index in [9.17, 15) is 4.79 Å². The molecule has 0 aromatic heterocycles. The van der Waals surface area contributed by atoms with E-state index in [0.29, 0.717) is 6.54 Å². The number of ether oxygens (including phenoxy) is 2. The number of hydrogen-bond acceptors (Lipinski definition) is 5. The van der Waals surface area contributed by atoms with Crippen LogP contribution in [0.25, 0.3) is 0 Å². The van der Waals surface area contributed by atoms with E-state index in [4.69, 9.17) is 15.2 Å². The molecule has 116 valence electrons. The SMILES string of the molecule is COc1ccc(C(C)N2CCNCC2C(N)=O)c(OC)c1. The Morgan fingerprint density at radius 2 is 2.19 bits per heavy atom. The van der Waals surface area contributed by atoms with Crippen LogP contribution in [-0.4, -0.2) is 50.7 Å². The number of carbonyl (C=O) groups is 1. The predicted octanol–water partition coefficient (Wildman–Crippen LogP) is 0.524. The lowest BCUT2D eigenvalue weighted by molar-refractivity contribution is -0.124. The maximum absolute atomic E-state index is 11.6. The molecule has 0 bridgehead atoms. The number of carbonyl (C=O) groups excluding carboxylic acids is 1. The number of benzene rings is 1. The first-order chi connectivity index (χ1) is 10.1. The van der Waals surface area contributed by atoms with Crippen LogP contribution in [0.2, 0.25) is 0 Å². The smallest absolute Gasteiger partial charge is 0.236 e. The number of amides is 1. The lowest BCUT2D eigenvalue weighted by Gasteiger charge is -2.39. The number of nitrogens with two attached hydrogens (primary N) is 1. The lowest BCUT2D eigenvalue weighted by Crippen LogP contribution is -2.57. The molecule has 1 aliphatic heterocycles. The summed E-state index contributed by atoms with van der Waals surface area (Å²) in [7, 11) is 3.26. The van der Waals surface area contributed by atoms with Gasteiger partial charge in [-0.25, -0.2) is 0 Å². The van der Waals surface area contributed by atoms with Crippen molar-refractivity contribution in [2.75, 3.05) is 33.9 Å². The molecule has 1 saturated heterocycles. The van der Waals surface area contributed by atoms with E-state index < -0.39 is 0 Å². The first-order valence-corrected chi connectivity index (χ1v) is 7.06. The second-order valence-electron chi connectivity index (χ2n) is 5.14. The minimum absolute atomic E-state index is 0.0328. The molecule has 2 unspecified atom stereocenters. The number of nitrogens with one attached hydrogen (secondary N) is 1. The van der Waals surface area contributed by atoms with Crippen molar-refractivity contribution in [3.05, 3.63) is 23.8 Å². The molecule has 2 rings (SSSR count). The maximum atomic E-state index is 11.6. The van der Waals surface area contributed by atoms with Gasteiger partial charge >= 0.3 is 0 Å². The average molecular weight is 293 g/mol. The summed E-state index contributed by atoms with van der Waals surface area (Å²) < 4.78 is 10.7. The fourth-order valence-corrected chi connectivity index (χ4v) is 2.79. The van der Waals surface area contributed by atoms with Gasteiger partial charge in [0.2, 0.25) is 5.91 Å². The molecule has 21 heavy (non-hydrogen) atoms. The molecule has 1 aliphatic rings. The van der Waals surface area contributed by atoms with E-state index in [1.807, 2.05) is 18.2 Å². The van der Waals surface area contributed by atoms with E-state index in [0.717, 1.165) is 30.2 Å². The van der Waals surface area contributed by atoms with Gasteiger partial charge in [-0.15, -0.1) is 0 Å². The lowest BCUT2D eigenvalue weighted by atomic mass is 10.0. The minimum Gasteiger partial charge on any atom is -0.497 e. The second kappa shape index (κ2) is 6.78. The van der Waals surface area contributed by atoms with Gasteiger partial charge in [-0.2, -0.15) is 0 Å². The fraction of sp³-hybridized carbons (Fsp3) is 0.533. The van der Waals surface area contributed by atoms with Crippen LogP contribution < -0.4 is 20.5 Å². The molecular formula is C15H23N3O3. The zero-order valence-corrected chi connectivity index (χ0v) is 12.8. The highest BCUT2D eigenvalue weighted by molar-refractivity contribution is 5.80. The quantitative estimate of drug-likeness (QED) is 0.828. The summed E-state index contributed by atoms with van der Waals surface area (Å²) in [6, 6.07) is 5.46. The van der Waals surface area contributed by atoms with Crippen molar-refractivity contribution < 1.29 is 14.3 Å². The van der Waals surface area contributed by atoms with Gasteiger partial charge < -0.3 is 20.5 Å². The van der Waals surface area contributed by atoms with Crippen molar-refractivity contribution in [1.29, 1.82) is 0 Å². The third kappa shape index (κ3) is 3.28. The molecule has 1 amide bonds. The molecule has 3 N–H and O–H groups in total. The zero-order chi connectivity index (χ0) is 15.4. The molecule has 0 aliphatic carbocycles. The number of methoxy groups -OCH3 is 2. The van der Waals surface area contributed by atoms with Crippen molar-refractivity contribution in [2.24, 2.45) is 5.73 Å². The van der Waals surface area contributed by atoms with Crippen molar-refractivity contribution in [3.63, 3.8) is 0 Å². The number of piperazine rings is 1. The van der Waals surface area contributed by atoms with Gasteiger partial charge in [-0.1, -0.05) is 6.07 Å². The maximum Gasteiger partial charge on any atom is 0.236 e. The van der Waals surface area contributed by atoms with Crippen molar-refractivity contribution in [1.82, 2.24) is 10.2 Å². The Hall–Kier alpha value is -1.79. The van der Waals surface area contributed by atoms with Crippen molar-refractivity contribution >= 4 is 5.91 Å². The predicted molar refractivity (Wildman–Crippen MR) is 80.5 cm³/mol. The van der Waals surface area contributed by atoms with Gasteiger partial charge in [0.05, 0.1) is 14.2 Å². The van der Waals surface area contributed by atoms with Crippen LogP contribution in [-0.2, 0) is 4.79 Å². The van der Waals surface area contributed by atoms with E-state index >= 15 is 0 Å². The molecule has 0 saturated carbocycles. The molecule has 1 aromatic carbocycles. The van der Waals surface area contributed by atoms with E-state index in [2.05, 4.69) is 17.1 Å². The van der Waals surface area contributed by atoms with Crippen LogP contribution in [0.15, 0.2) is 18.2 Å². The zero-order valence-electron chi connectivity index (χ0n) is 12.8. The molecule has 0 spiro atoms. The highest BCUT2D eigenvalue weighted by Gasteiger charge is 2.32. The van der Waals surface area contributed by atoms with Gasteiger partial charge in [0.15, 0.2) is 0 Å². The molecular weight excluding hydrogens is 270 g/mol. The minimum atomic E-state index is -0.305. The van der Waals surface area contributed by atoms with Gasteiger partial charge in [-0.3, -0.25) is 9.69 Å². The van der Waals surface area contributed by atoms with Gasteiger partial charge in [0, 0.05) is 37.3 Å².